The number of nitrogens with zero attached hydrogens (tertiary/aromatic N) is 1. The molecule has 0 spiro atoms. The first-order valence-electron chi connectivity index (χ1n) is 6.57. The van der Waals surface area contributed by atoms with Crippen LogP contribution in [-0.4, -0.2) is 7.05 Å². The van der Waals surface area contributed by atoms with Crippen molar-refractivity contribution in [1.29, 1.82) is 0 Å². The molecule has 1 heterocycles. The molecule has 0 bridgehead atoms. The minimum Gasteiger partial charge on any atom is -0.465 e. The minimum absolute atomic E-state index is 0.452. The Balaban J connectivity index is 2.20. The van der Waals surface area contributed by atoms with Gasteiger partial charge in [-0.1, -0.05) is 6.07 Å². The van der Waals surface area contributed by atoms with E-state index in [0.29, 0.717) is 6.54 Å². The molecular weight excluding hydrogens is 236 g/mol. The number of rotatable bonds is 4. The molecule has 3 nitrogen and oxygen atoms in total. The monoisotopic (exact) mass is 258 g/mol. The van der Waals surface area contributed by atoms with E-state index in [9.17, 15) is 0 Å². The molecule has 0 aliphatic heterocycles. The van der Waals surface area contributed by atoms with E-state index in [1.807, 2.05) is 6.92 Å². The van der Waals surface area contributed by atoms with Gasteiger partial charge in [0.1, 0.15) is 11.5 Å². The van der Waals surface area contributed by atoms with Crippen molar-refractivity contribution >= 4 is 5.69 Å². The molecule has 102 valence electrons. The minimum atomic E-state index is 0.452. The maximum Gasteiger partial charge on any atom is 0.118 e. The van der Waals surface area contributed by atoms with Gasteiger partial charge in [-0.3, -0.25) is 0 Å². The zero-order chi connectivity index (χ0) is 14.0. The Morgan fingerprint density at radius 2 is 1.68 bits per heavy atom. The fourth-order valence-electron chi connectivity index (χ4n) is 2.36. The van der Waals surface area contributed by atoms with E-state index in [1.54, 1.807) is 0 Å². The number of anilines is 1. The van der Waals surface area contributed by atoms with Gasteiger partial charge in [0.2, 0.25) is 0 Å². The first-order valence-corrected chi connectivity index (χ1v) is 6.57. The second kappa shape index (κ2) is 5.49. The summed E-state index contributed by atoms with van der Waals surface area (Å²) in [6, 6.07) is 8.64. The van der Waals surface area contributed by atoms with Crippen LogP contribution >= 0.6 is 0 Å². The molecular formula is C16H22N2O. The smallest absolute Gasteiger partial charge is 0.118 e. The SMILES string of the molecule is Cc1cc(C)cc(N(C)Cc2cc(CN)oc2C)c1. The highest BCUT2D eigenvalue weighted by atomic mass is 16.3. The number of benzene rings is 1. The number of hydrogen-bond donors (Lipinski definition) is 1. The van der Waals surface area contributed by atoms with Gasteiger partial charge in [0, 0.05) is 24.8 Å². The van der Waals surface area contributed by atoms with Gasteiger partial charge in [0.05, 0.1) is 6.54 Å². The van der Waals surface area contributed by atoms with Gasteiger partial charge in [-0.15, -0.1) is 0 Å². The molecule has 0 amide bonds. The molecule has 0 aliphatic rings. The topological polar surface area (TPSA) is 42.4 Å². The molecule has 2 aromatic rings. The lowest BCUT2D eigenvalue weighted by Gasteiger charge is -2.20. The van der Waals surface area contributed by atoms with Crippen LogP contribution < -0.4 is 10.6 Å². The zero-order valence-corrected chi connectivity index (χ0v) is 12.2. The van der Waals surface area contributed by atoms with Crippen LogP contribution in [0.25, 0.3) is 0 Å². The standard InChI is InChI=1S/C16H22N2O/c1-11-5-12(2)7-15(6-11)18(4)10-14-8-16(9-17)19-13(14)3/h5-8H,9-10,17H2,1-4H3. The van der Waals surface area contributed by atoms with Crippen LogP contribution in [0.4, 0.5) is 5.69 Å². The van der Waals surface area contributed by atoms with Crippen LogP contribution in [0, 0.1) is 20.8 Å². The Morgan fingerprint density at radius 1 is 1.05 bits per heavy atom. The van der Waals surface area contributed by atoms with E-state index in [0.717, 1.165) is 18.1 Å². The summed E-state index contributed by atoms with van der Waals surface area (Å²) >= 11 is 0. The Kier molecular flexibility index (Phi) is 3.96. The van der Waals surface area contributed by atoms with E-state index in [-0.39, 0.29) is 0 Å². The maximum atomic E-state index is 5.61. The third-order valence-electron chi connectivity index (χ3n) is 3.33. The number of hydrogen-bond acceptors (Lipinski definition) is 3. The van der Waals surface area contributed by atoms with E-state index >= 15 is 0 Å². The summed E-state index contributed by atoms with van der Waals surface area (Å²) in [7, 11) is 2.10. The summed E-state index contributed by atoms with van der Waals surface area (Å²) in [6.45, 7) is 7.52. The Hall–Kier alpha value is -1.74. The molecule has 1 aromatic heterocycles. The van der Waals surface area contributed by atoms with Gasteiger partial charge in [-0.2, -0.15) is 0 Å². The van der Waals surface area contributed by atoms with Crippen LogP contribution in [0.2, 0.25) is 0 Å². The van der Waals surface area contributed by atoms with Crippen LogP contribution in [0.15, 0.2) is 28.7 Å². The normalized spacial score (nSPS) is 10.8. The van der Waals surface area contributed by atoms with Gasteiger partial charge in [-0.25, -0.2) is 0 Å². The van der Waals surface area contributed by atoms with Crippen molar-refractivity contribution in [3.05, 3.63) is 52.5 Å². The Labute approximate surface area is 115 Å². The molecule has 0 atom stereocenters. The maximum absolute atomic E-state index is 5.61. The number of aryl methyl sites for hydroxylation is 3. The predicted molar refractivity (Wildman–Crippen MR) is 79.4 cm³/mol. The van der Waals surface area contributed by atoms with Crippen molar-refractivity contribution in [1.82, 2.24) is 0 Å². The van der Waals surface area contributed by atoms with Gasteiger partial charge < -0.3 is 15.1 Å². The summed E-state index contributed by atoms with van der Waals surface area (Å²) in [6.07, 6.45) is 0. The highest BCUT2D eigenvalue weighted by Gasteiger charge is 2.10. The molecule has 0 fully saturated rings. The average Bonchev–Trinajstić information content (AvgIpc) is 2.69. The van der Waals surface area contributed by atoms with Crippen LogP contribution in [0.1, 0.15) is 28.2 Å². The highest BCUT2D eigenvalue weighted by molar-refractivity contribution is 5.50. The molecule has 3 heteroatoms. The summed E-state index contributed by atoms with van der Waals surface area (Å²) in [5, 5.41) is 0. The lowest BCUT2D eigenvalue weighted by molar-refractivity contribution is 0.482. The number of nitrogens with two attached hydrogens (primary N) is 1. The van der Waals surface area contributed by atoms with E-state index in [2.05, 4.69) is 50.1 Å². The van der Waals surface area contributed by atoms with Crippen molar-refractivity contribution in [2.75, 3.05) is 11.9 Å². The summed E-state index contributed by atoms with van der Waals surface area (Å²) in [5.74, 6) is 1.80. The summed E-state index contributed by atoms with van der Waals surface area (Å²) in [5.41, 5.74) is 10.6. The van der Waals surface area contributed by atoms with Crippen molar-refractivity contribution in [3.8, 4) is 0 Å². The van der Waals surface area contributed by atoms with Gasteiger partial charge in [0.25, 0.3) is 0 Å². The second-order valence-corrected chi connectivity index (χ2v) is 5.20. The van der Waals surface area contributed by atoms with Gasteiger partial charge >= 0.3 is 0 Å². The highest BCUT2D eigenvalue weighted by Crippen LogP contribution is 2.22. The number of furan rings is 1. The fourth-order valence-corrected chi connectivity index (χ4v) is 2.36. The molecule has 1 aromatic carbocycles. The molecule has 2 rings (SSSR count). The summed E-state index contributed by atoms with van der Waals surface area (Å²) < 4.78 is 5.60. The molecule has 2 N–H and O–H groups in total. The van der Waals surface area contributed by atoms with E-state index in [1.165, 1.54) is 22.4 Å². The largest absolute Gasteiger partial charge is 0.465 e. The van der Waals surface area contributed by atoms with Crippen LogP contribution in [0.5, 0.6) is 0 Å². The van der Waals surface area contributed by atoms with E-state index < -0.39 is 0 Å². The molecule has 0 unspecified atom stereocenters. The Morgan fingerprint density at radius 3 is 2.21 bits per heavy atom. The van der Waals surface area contributed by atoms with E-state index in [4.69, 9.17) is 10.2 Å². The third kappa shape index (κ3) is 3.18. The van der Waals surface area contributed by atoms with Crippen LogP contribution in [-0.2, 0) is 13.1 Å². The second-order valence-electron chi connectivity index (χ2n) is 5.20. The lowest BCUT2D eigenvalue weighted by atomic mass is 10.1. The molecule has 19 heavy (non-hydrogen) atoms. The first kappa shape index (κ1) is 13.7. The predicted octanol–water partition coefficient (Wildman–Crippen LogP) is 3.30. The zero-order valence-electron chi connectivity index (χ0n) is 12.2. The van der Waals surface area contributed by atoms with Gasteiger partial charge in [0.15, 0.2) is 0 Å². The fraction of sp³-hybridized carbons (Fsp3) is 0.375. The third-order valence-corrected chi connectivity index (χ3v) is 3.33. The quantitative estimate of drug-likeness (QED) is 0.915. The average molecular weight is 258 g/mol. The van der Waals surface area contributed by atoms with Gasteiger partial charge in [-0.05, 0) is 50.1 Å². The van der Waals surface area contributed by atoms with Crippen molar-refractivity contribution < 1.29 is 4.42 Å². The molecule has 0 saturated heterocycles. The molecule has 0 aliphatic carbocycles. The van der Waals surface area contributed by atoms with Crippen molar-refractivity contribution in [2.45, 2.75) is 33.9 Å². The van der Waals surface area contributed by atoms with Crippen molar-refractivity contribution in [2.24, 2.45) is 5.73 Å². The Bertz CT molecular complexity index is 552. The molecule has 0 radical (unpaired) electrons. The van der Waals surface area contributed by atoms with Crippen LogP contribution in [0.3, 0.4) is 0 Å². The molecule has 0 saturated carbocycles. The lowest BCUT2D eigenvalue weighted by Crippen LogP contribution is -2.16. The van der Waals surface area contributed by atoms with Crippen molar-refractivity contribution in [3.63, 3.8) is 0 Å². The summed E-state index contributed by atoms with van der Waals surface area (Å²) in [4.78, 5) is 2.23. The first-order chi connectivity index (χ1) is 8.99.